The Hall–Kier alpha value is -2.01. The van der Waals surface area contributed by atoms with Gasteiger partial charge >= 0.3 is 0 Å². The average molecular weight is 319 g/mol. The second-order valence-electron chi connectivity index (χ2n) is 5.21. The molecule has 0 amide bonds. The summed E-state index contributed by atoms with van der Waals surface area (Å²) in [6.07, 6.45) is 0. The number of hydrogen-bond acceptors (Lipinski definition) is 3. The van der Waals surface area contributed by atoms with Crippen molar-refractivity contribution in [2.45, 2.75) is 26.5 Å². The highest BCUT2D eigenvalue weighted by atomic mass is 32.2. The van der Waals surface area contributed by atoms with Gasteiger partial charge in [-0.15, -0.1) is 0 Å². The highest BCUT2D eigenvalue weighted by Gasteiger charge is 2.14. The Kier molecular flexibility index (Phi) is 5.08. The summed E-state index contributed by atoms with van der Waals surface area (Å²) >= 11 is 0. The Labute approximate surface area is 132 Å². The molecule has 0 unspecified atom stereocenters. The van der Waals surface area contributed by atoms with Gasteiger partial charge in [0.25, 0.3) is 0 Å². The number of benzene rings is 2. The Morgan fingerprint density at radius 2 is 1.73 bits per heavy atom. The maximum Gasteiger partial charge on any atom is 0.236 e. The Bertz CT molecular complexity index is 740. The number of ether oxygens (including phenoxy) is 1. The lowest BCUT2D eigenvalue weighted by atomic mass is 10.1. The van der Waals surface area contributed by atoms with E-state index in [0.29, 0.717) is 12.3 Å². The van der Waals surface area contributed by atoms with Gasteiger partial charge in [0.1, 0.15) is 5.75 Å². The van der Waals surface area contributed by atoms with Gasteiger partial charge in [-0.1, -0.05) is 30.3 Å². The van der Waals surface area contributed by atoms with Gasteiger partial charge in [0.15, 0.2) is 0 Å². The van der Waals surface area contributed by atoms with E-state index in [4.69, 9.17) is 4.74 Å². The van der Waals surface area contributed by atoms with Crippen LogP contribution in [0.2, 0.25) is 0 Å². The highest BCUT2D eigenvalue weighted by molar-refractivity contribution is 7.91. The minimum Gasteiger partial charge on any atom is -0.494 e. The second-order valence-corrected chi connectivity index (χ2v) is 6.93. The van der Waals surface area contributed by atoms with Crippen LogP contribution in [0.15, 0.2) is 42.5 Å². The Morgan fingerprint density at radius 1 is 1.05 bits per heavy atom. The van der Waals surface area contributed by atoms with Crippen LogP contribution >= 0.6 is 0 Å². The van der Waals surface area contributed by atoms with E-state index in [-0.39, 0.29) is 5.75 Å². The first-order chi connectivity index (χ1) is 10.4. The van der Waals surface area contributed by atoms with E-state index >= 15 is 0 Å². The number of nitrogens with one attached hydrogen (secondary N) is 1. The minimum absolute atomic E-state index is 0.0421. The number of hydrogen-bond donors (Lipinski definition) is 1. The van der Waals surface area contributed by atoms with Gasteiger partial charge in [0.2, 0.25) is 10.0 Å². The molecule has 2 aromatic carbocycles. The molecular formula is C17H21NO3S. The topological polar surface area (TPSA) is 55.4 Å². The Balaban J connectivity index is 2.21. The van der Waals surface area contributed by atoms with Crippen molar-refractivity contribution in [1.29, 1.82) is 0 Å². The molecule has 0 heterocycles. The van der Waals surface area contributed by atoms with Gasteiger partial charge in [0.05, 0.1) is 18.0 Å². The summed E-state index contributed by atoms with van der Waals surface area (Å²) in [5.41, 5.74) is 3.10. The zero-order valence-corrected chi connectivity index (χ0v) is 13.9. The smallest absolute Gasteiger partial charge is 0.236 e. The third kappa shape index (κ3) is 4.24. The first-order valence-corrected chi connectivity index (χ1v) is 8.85. The van der Waals surface area contributed by atoms with Crippen LogP contribution < -0.4 is 9.46 Å². The first kappa shape index (κ1) is 16.4. The third-order valence-corrected chi connectivity index (χ3v) is 4.53. The molecule has 0 fully saturated rings. The molecule has 1 N–H and O–H groups in total. The number of anilines is 1. The molecule has 0 spiro atoms. The van der Waals surface area contributed by atoms with Crippen molar-refractivity contribution < 1.29 is 13.2 Å². The summed E-state index contributed by atoms with van der Waals surface area (Å²) in [7, 11) is -3.44. The largest absolute Gasteiger partial charge is 0.494 e. The van der Waals surface area contributed by atoms with E-state index in [1.807, 2.05) is 51.1 Å². The average Bonchev–Trinajstić information content (AvgIpc) is 2.45. The van der Waals surface area contributed by atoms with Crippen molar-refractivity contribution in [3.05, 3.63) is 59.2 Å². The van der Waals surface area contributed by atoms with Crippen LogP contribution in [0.1, 0.15) is 23.6 Å². The summed E-state index contributed by atoms with van der Waals surface area (Å²) in [5, 5.41) is 0. The van der Waals surface area contributed by atoms with Gasteiger partial charge in [-0.05, 0) is 49.6 Å². The minimum atomic E-state index is -3.44. The summed E-state index contributed by atoms with van der Waals surface area (Å²) < 4.78 is 32.8. The SMILES string of the molecule is CCOc1cc(C)c(NS(=O)(=O)Cc2ccccc2)cc1C. The van der Waals surface area contributed by atoms with Crippen molar-refractivity contribution in [3.63, 3.8) is 0 Å². The molecule has 0 aliphatic rings. The van der Waals surface area contributed by atoms with Crippen LogP contribution in [0.25, 0.3) is 0 Å². The van der Waals surface area contributed by atoms with E-state index in [0.717, 1.165) is 22.4 Å². The van der Waals surface area contributed by atoms with Crippen molar-refractivity contribution >= 4 is 15.7 Å². The maximum atomic E-state index is 12.3. The molecule has 2 rings (SSSR count). The fourth-order valence-corrected chi connectivity index (χ4v) is 3.47. The molecule has 0 aliphatic heterocycles. The van der Waals surface area contributed by atoms with Crippen LogP contribution in [0.3, 0.4) is 0 Å². The quantitative estimate of drug-likeness (QED) is 0.884. The molecule has 0 aliphatic carbocycles. The number of sulfonamides is 1. The lowest BCUT2D eigenvalue weighted by Gasteiger charge is -2.14. The molecule has 0 saturated heterocycles. The molecule has 0 radical (unpaired) electrons. The van der Waals surface area contributed by atoms with Crippen LogP contribution in [-0.2, 0) is 15.8 Å². The van der Waals surface area contributed by atoms with Crippen LogP contribution in [0.4, 0.5) is 5.69 Å². The van der Waals surface area contributed by atoms with Gasteiger partial charge in [-0.2, -0.15) is 0 Å². The summed E-state index contributed by atoms with van der Waals surface area (Å²) in [5.74, 6) is 0.741. The van der Waals surface area contributed by atoms with Gasteiger partial charge in [0, 0.05) is 0 Å². The fraction of sp³-hybridized carbons (Fsp3) is 0.294. The zero-order valence-electron chi connectivity index (χ0n) is 13.1. The van der Waals surface area contributed by atoms with Crippen molar-refractivity contribution in [3.8, 4) is 5.75 Å². The molecule has 0 atom stereocenters. The second kappa shape index (κ2) is 6.83. The van der Waals surface area contributed by atoms with E-state index < -0.39 is 10.0 Å². The van der Waals surface area contributed by atoms with Crippen molar-refractivity contribution in [2.75, 3.05) is 11.3 Å². The highest BCUT2D eigenvalue weighted by Crippen LogP contribution is 2.27. The summed E-state index contributed by atoms with van der Waals surface area (Å²) in [4.78, 5) is 0. The Morgan fingerprint density at radius 3 is 2.36 bits per heavy atom. The maximum absolute atomic E-state index is 12.3. The van der Waals surface area contributed by atoms with Gasteiger partial charge in [-0.3, -0.25) is 4.72 Å². The molecule has 4 nitrogen and oxygen atoms in total. The molecule has 0 aromatic heterocycles. The molecule has 118 valence electrons. The number of rotatable bonds is 6. The molecule has 2 aromatic rings. The monoisotopic (exact) mass is 319 g/mol. The lowest BCUT2D eigenvalue weighted by Crippen LogP contribution is -2.16. The van der Waals surface area contributed by atoms with Crippen molar-refractivity contribution in [1.82, 2.24) is 0 Å². The lowest BCUT2D eigenvalue weighted by molar-refractivity contribution is 0.338. The normalized spacial score (nSPS) is 11.2. The fourth-order valence-electron chi connectivity index (χ4n) is 2.21. The standard InChI is InChI=1S/C17H21NO3S/c1-4-21-17-11-13(2)16(10-14(17)3)18-22(19,20)12-15-8-6-5-7-9-15/h5-11,18H,4,12H2,1-3H3. The number of aryl methyl sites for hydroxylation is 2. The molecule has 0 bridgehead atoms. The van der Waals surface area contributed by atoms with Gasteiger partial charge in [-0.25, -0.2) is 8.42 Å². The third-order valence-electron chi connectivity index (χ3n) is 3.29. The van der Waals surface area contributed by atoms with E-state index in [2.05, 4.69) is 4.72 Å². The summed E-state index contributed by atoms with van der Waals surface area (Å²) in [6, 6.07) is 12.8. The molecule has 0 saturated carbocycles. The van der Waals surface area contributed by atoms with E-state index in [1.54, 1.807) is 12.1 Å². The molecule has 22 heavy (non-hydrogen) atoms. The predicted octanol–water partition coefficient (Wildman–Crippen LogP) is 3.64. The summed E-state index contributed by atoms with van der Waals surface area (Å²) in [6.45, 7) is 6.27. The molecule has 5 heteroatoms. The van der Waals surface area contributed by atoms with Crippen molar-refractivity contribution in [2.24, 2.45) is 0 Å². The first-order valence-electron chi connectivity index (χ1n) is 7.19. The molecular weight excluding hydrogens is 298 g/mol. The van der Waals surface area contributed by atoms with Crippen LogP contribution in [0.5, 0.6) is 5.75 Å². The zero-order chi connectivity index (χ0) is 16.2. The van der Waals surface area contributed by atoms with E-state index in [1.165, 1.54) is 0 Å². The van der Waals surface area contributed by atoms with Crippen LogP contribution in [-0.4, -0.2) is 15.0 Å². The van der Waals surface area contributed by atoms with Gasteiger partial charge < -0.3 is 4.74 Å². The predicted molar refractivity (Wildman–Crippen MR) is 89.8 cm³/mol. The van der Waals surface area contributed by atoms with E-state index in [9.17, 15) is 8.42 Å². The van der Waals surface area contributed by atoms with Crippen LogP contribution in [0, 0.1) is 13.8 Å².